The number of carbonyl (C=O) groups is 2. The van der Waals surface area contributed by atoms with Crippen LogP contribution in [0.1, 0.15) is 66.8 Å². The topological polar surface area (TPSA) is 112 Å². The summed E-state index contributed by atoms with van der Waals surface area (Å²) in [5.41, 5.74) is -1.87. The van der Waals surface area contributed by atoms with Crippen molar-refractivity contribution in [2.75, 3.05) is 38.5 Å². The summed E-state index contributed by atoms with van der Waals surface area (Å²) in [6.45, 7) is 6.18. The Balaban J connectivity index is 1.97. The van der Waals surface area contributed by atoms with Gasteiger partial charge in [0.25, 0.3) is 5.91 Å². The van der Waals surface area contributed by atoms with E-state index in [0.717, 1.165) is 19.0 Å². The van der Waals surface area contributed by atoms with Crippen molar-refractivity contribution in [1.29, 1.82) is 0 Å². The van der Waals surface area contributed by atoms with Crippen molar-refractivity contribution in [3.63, 3.8) is 0 Å². The lowest BCUT2D eigenvalue weighted by Crippen LogP contribution is -2.53. The molecule has 0 saturated heterocycles. The fraction of sp³-hybridized carbons (Fsp3) is 0.650. The summed E-state index contributed by atoms with van der Waals surface area (Å²) in [6, 6.07) is 0. The molecule has 1 atom stereocenters. The Morgan fingerprint density at radius 2 is 2.00 bits per heavy atom. The maximum atomic E-state index is 12.7. The van der Waals surface area contributed by atoms with Crippen molar-refractivity contribution in [2.24, 2.45) is 5.92 Å². The molecule has 2 N–H and O–H groups in total. The molecule has 1 aliphatic heterocycles. The summed E-state index contributed by atoms with van der Waals surface area (Å²) in [5.74, 6) is -2.25. The molecule has 9 heteroatoms. The summed E-state index contributed by atoms with van der Waals surface area (Å²) < 4.78 is 6.99. The number of nitrogens with zero attached hydrogens (tertiary/aromatic N) is 3. The molecule has 0 aromatic carbocycles. The van der Waals surface area contributed by atoms with Crippen molar-refractivity contribution in [1.82, 2.24) is 9.58 Å². The third-order valence-electron chi connectivity index (χ3n) is 5.24. The molecule has 9 nitrogen and oxygen atoms in total. The second-order valence-corrected chi connectivity index (χ2v) is 7.43. The normalized spacial score (nSPS) is 14.8. The quantitative estimate of drug-likeness (QED) is 0.536. The molecular weight excluding hydrogens is 378 g/mol. The van der Waals surface area contributed by atoms with Gasteiger partial charge in [-0.2, -0.15) is 0 Å². The number of carbonyl (C=O) groups excluding carboxylic acids is 1. The van der Waals surface area contributed by atoms with Gasteiger partial charge < -0.3 is 19.8 Å². The van der Waals surface area contributed by atoms with E-state index in [1.807, 2.05) is 0 Å². The number of pyridine rings is 1. The van der Waals surface area contributed by atoms with Crippen LogP contribution in [0.2, 0.25) is 0 Å². The summed E-state index contributed by atoms with van der Waals surface area (Å²) >= 11 is 0. The van der Waals surface area contributed by atoms with E-state index in [2.05, 4.69) is 13.8 Å². The Bertz CT molecular complexity index is 791. The van der Waals surface area contributed by atoms with Crippen LogP contribution in [0.25, 0.3) is 0 Å². The van der Waals surface area contributed by atoms with Gasteiger partial charge >= 0.3 is 5.97 Å². The van der Waals surface area contributed by atoms with Gasteiger partial charge in [0.05, 0.1) is 0 Å². The minimum Gasteiger partial charge on any atom is -0.502 e. The van der Waals surface area contributed by atoms with E-state index in [1.54, 1.807) is 12.1 Å². The third-order valence-corrected chi connectivity index (χ3v) is 5.24. The van der Waals surface area contributed by atoms with Gasteiger partial charge in [-0.3, -0.25) is 19.3 Å². The van der Waals surface area contributed by atoms with Gasteiger partial charge in [0.15, 0.2) is 11.4 Å². The molecule has 0 fully saturated rings. The van der Waals surface area contributed by atoms with Crippen LogP contribution in [-0.2, 0) is 4.74 Å². The minimum atomic E-state index is -1.45. The number of hydrogen-bond donors (Lipinski definition) is 2. The lowest BCUT2D eigenvalue weighted by atomic mass is 10.0. The molecule has 1 amide bonds. The van der Waals surface area contributed by atoms with Crippen LogP contribution in [0.3, 0.4) is 0 Å². The predicted molar refractivity (Wildman–Crippen MR) is 108 cm³/mol. The Kier molecular flexibility index (Phi) is 8.07. The van der Waals surface area contributed by atoms with Crippen molar-refractivity contribution < 1.29 is 24.5 Å². The van der Waals surface area contributed by atoms with E-state index in [4.69, 9.17) is 9.84 Å². The summed E-state index contributed by atoms with van der Waals surface area (Å²) in [5, 5.41) is 20.8. The van der Waals surface area contributed by atoms with Crippen LogP contribution in [0, 0.1) is 5.92 Å². The van der Waals surface area contributed by atoms with Gasteiger partial charge in [0.1, 0.15) is 12.2 Å². The van der Waals surface area contributed by atoms with Crippen LogP contribution in [0.15, 0.2) is 11.0 Å². The lowest BCUT2D eigenvalue weighted by molar-refractivity contribution is 0.0614. The highest BCUT2D eigenvalue weighted by molar-refractivity contribution is 5.97. The smallest absolute Gasteiger partial charge is 0.341 e. The van der Waals surface area contributed by atoms with E-state index < -0.39 is 28.6 Å². The first kappa shape index (κ1) is 22.7. The van der Waals surface area contributed by atoms with E-state index in [9.17, 15) is 19.5 Å². The fourth-order valence-corrected chi connectivity index (χ4v) is 3.42. The number of ether oxygens (including phenoxy) is 1. The van der Waals surface area contributed by atoms with Gasteiger partial charge in [0.2, 0.25) is 5.43 Å². The molecule has 29 heavy (non-hydrogen) atoms. The molecule has 0 spiro atoms. The monoisotopic (exact) mass is 409 g/mol. The van der Waals surface area contributed by atoms with Crippen LogP contribution in [0.5, 0.6) is 5.75 Å². The van der Waals surface area contributed by atoms with Crippen molar-refractivity contribution >= 4 is 11.9 Å². The zero-order valence-electron chi connectivity index (χ0n) is 17.4. The summed E-state index contributed by atoms with van der Waals surface area (Å²) in [6.07, 6.45) is 6.31. The molecule has 1 aromatic rings. The van der Waals surface area contributed by atoms with Crippen LogP contribution >= 0.6 is 0 Å². The van der Waals surface area contributed by atoms with Crippen LogP contribution < -0.4 is 10.4 Å². The van der Waals surface area contributed by atoms with E-state index >= 15 is 0 Å². The number of aromatic hydroxyl groups is 1. The van der Waals surface area contributed by atoms with Crippen molar-refractivity contribution in [2.45, 2.75) is 46.0 Å². The molecule has 1 aromatic heterocycles. The number of aromatic nitrogens is 1. The highest BCUT2D eigenvalue weighted by atomic mass is 16.5. The Morgan fingerprint density at radius 1 is 1.28 bits per heavy atom. The maximum Gasteiger partial charge on any atom is 0.341 e. The SMILES string of the molecule is CCCCC(CC)COCCCN1CN(C)n2cc(C(=O)O)c(=O)c(O)c2C1=O. The largest absolute Gasteiger partial charge is 0.502 e. The van der Waals surface area contributed by atoms with Crippen molar-refractivity contribution in [3.05, 3.63) is 27.7 Å². The summed E-state index contributed by atoms with van der Waals surface area (Å²) in [4.78, 5) is 37.5. The molecule has 0 bridgehead atoms. The molecule has 2 rings (SSSR count). The van der Waals surface area contributed by atoms with Crippen LogP contribution in [0.4, 0.5) is 0 Å². The third kappa shape index (κ3) is 5.29. The highest BCUT2D eigenvalue weighted by Gasteiger charge is 2.32. The molecule has 1 unspecified atom stereocenters. The Hall–Kier alpha value is -2.55. The molecular formula is C20H31N3O6. The fourth-order valence-electron chi connectivity index (χ4n) is 3.42. The molecule has 2 heterocycles. The number of rotatable bonds is 11. The minimum absolute atomic E-state index is 0.210. The average Bonchev–Trinajstić information content (AvgIpc) is 2.69. The van der Waals surface area contributed by atoms with E-state index in [1.165, 1.54) is 22.4 Å². The molecule has 1 aliphatic rings. The molecule has 0 radical (unpaired) electrons. The van der Waals surface area contributed by atoms with Crippen LogP contribution in [-0.4, -0.2) is 65.1 Å². The van der Waals surface area contributed by atoms with Gasteiger partial charge in [-0.1, -0.05) is 33.1 Å². The van der Waals surface area contributed by atoms with Crippen molar-refractivity contribution in [3.8, 4) is 5.75 Å². The summed E-state index contributed by atoms with van der Waals surface area (Å²) in [7, 11) is 1.65. The second-order valence-electron chi connectivity index (χ2n) is 7.43. The highest BCUT2D eigenvalue weighted by Crippen LogP contribution is 2.21. The average molecular weight is 409 g/mol. The second kappa shape index (κ2) is 10.3. The number of hydrogen-bond acceptors (Lipinski definition) is 6. The van der Waals surface area contributed by atoms with Gasteiger partial charge in [-0.05, 0) is 18.8 Å². The number of carboxylic acids is 1. The Labute approximate surface area is 170 Å². The predicted octanol–water partition coefficient (Wildman–Crippen LogP) is 1.86. The molecule has 162 valence electrons. The maximum absolute atomic E-state index is 12.7. The van der Waals surface area contributed by atoms with Gasteiger partial charge in [-0.25, -0.2) is 4.79 Å². The molecule has 0 aliphatic carbocycles. The number of fused-ring (bicyclic) bond motifs is 1. The number of amides is 1. The van der Waals surface area contributed by atoms with E-state index in [0.29, 0.717) is 32.1 Å². The number of unbranched alkanes of at least 4 members (excludes halogenated alkanes) is 1. The standard InChI is InChI=1S/C20H31N3O6/c1-4-6-8-14(5-2)12-29-10-7-9-22-13-21(3)23-11-15(20(27)28)17(24)18(25)16(23)19(22)26/h11,14,25H,4-10,12-13H2,1-3H3,(H,27,28). The number of carboxylic acid groups (broad SMARTS) is 1. The first-order valence-electron chi connectivity index (χ1n) is 10.1. The zero-order valence-corrected chi connectivity index (χ0v) is 17.4. The van der Waals surface area contributed by atoms with Gasteiger partial charge in [0, 0.05) is 33.0 Å². The first-order chi connectivity index (χ1) is 13.8. The van der Waals surface area contributed by atoms with Gasteiger partial charge in [-0.15, -0.1) is 0 Å². The zero-order chi connectivity index (χ0) is 21.6. The lowest BCUT2D eigenvalue weighted by Gasteiger charge is -2.37. The molecule has 0 saturated carbocycles. The Morgan fingerprint density at radius 3 is 2.62 bits per heavy atom. The first-order valence-corrected chi connectivity index (χ1v) is 10.1. The van der Waals surface area contributed by atoms with E-state index in [-0.39, 0.29) is 12.4 Å². The number of aromatic carboxylic acids is 1.